The molecule has 1 atom stereocenters. The van der Waals surface area contributed by atoms with Gasteiger partial charge in [0.2, 0.25) is 5.91 Å². The van der Waals surface area contributed by atoms with Gasteiger partial charge in [-0.25, -0.2) is 4.98 Å². The van der Waals surface area contributed by atoms with Crippen molar-refractivity contribution in [2.45, 2.75) is 76.5 Å². The first-order chi connectivity index (χ1) is 25.2. The molecule has 3 aromatic rings. The quantitative estimate of drug-likeness (QED) is 0.137. The second-order valence-corrected chi connectivity index (χ2v) is 15.6. The second kappa shape index (κ2) is 13.9. The van der Waals surface area contributed by atoms with Crippen molar-refractivity contribution in [3.8, 4) is 11.1 Å². The van der Waals surface area contributed by atoms with Crippen molar-refractivity contribution in [3.05, 3.63) is 69.5 Å². The van der Waals surface area contributed by atoms with Gasteiger partial charge < -0.3 is 37.2 Å². The number of rotatable bonds is 12. The van der Waals surface area contributed by atoms with E-state index < -0.39 is 0 Å². The number of para-hydroxylation sites is 1. The second-order valence-electron chi connectivity index (χ2n) is 14.7. The fraction of sp³-hybridized carbons (Fsp3) is 0.486. The normalized spacial score (nSPS) is 20.9. The van der Waals surface area contributed by atoms with Crippen molar-refractivity contribution >= 4 is 40.4 Å². The van der Waals surface area contributed by atoms with Gasteiger partial charge in [0.1, 0.15) is 22.2 Å². The molecule has 52 heavy (non-hydrogen) atoms. The number of nitrogens with one attached hydrogen (secondary N) is 3. The van der Waals surface area contributed by atoms with Gasteiger partial charge >= 0.3 is 0 Å². The highest BCUT2D eigenvalue weighted by molar-refractivity contribution is 7.09. The summed E-state index contributed by atoms with van der Waals surface area (Å²) in [5.74, 6) is -0.362. The van der Waals surface area contributed by atoms with Gasteiger partial charge in [0, 0.05) is 67.8 Å². The number of benzene rings is 1. The third-order valence-electron chi connectivity index (χ3n) is 10.7. The molecule has 0 spiro atoms. The fourth-order valence-electron chi connectivity index (χ4n) is 7.55. The smallest absolute Gasteiger partial charge is 0.273 e. The summed E-state index contributed by atoms with van der Waals surface area (Å²) in [6.07, 6.45) is 10.0. The van der Waals surface area contributed by atoms with Crippen molar-refractivity contribution in [1.82, 2.24) is 35.2 Å². The Bertz CT molecular complexity index is 1950. The number of carbonyl (C=O) groups excluding carboxylic acids is 3. The summed E-state index contributed by atoms with van der Waals surface area (Å²) < 4.78 is 2.20. The number of nitrogens with two attached hydrogens (primary N) is 2. The Hall–Kier alpha value is -4.89. The molecule has 14 nitrogen and oxygen atoms in total. The summed E-state index contributed by atoms with van der Waals surface area (Å²) in [4.78, 5) is 49.6. The van der Waals surface area contributed by atoms with Crippen molar-refractivity contribution in [1.29, 1.82) is 0 Å². The van der Waals surface area contributed by atoms with E-state index in [0.717, 1.165) is 98.6 Å². The predicted octanol–water partition coefficient (Wildman–Crippen LogP) is 3.39. The number of anilines is 2. The van der Waals surface area contributed by atoms with E-state index >= 15 is 0 Å². The van der Waals surface area contributed by atoms with Crippen LogP contribution in [0.2, 0.25) is 0 Å². The van der Waals surface area contributed by atoms with Crippen LogP contribution in [0.4, 0.5) is 11.4 Å². The van der Waals surface area contributed by atoms with Gasteiger partial charge in [-0.2, -0.15) is 5.10 Å². The van der Waals surface area contributed by atoms with E-state index in [1.165, 1.54) is 11.8 Å². The molecule has 274 valence electrons. The zero-order valence-electron chi connectivity index (χ0n) is 29.7. The molecule has 1 unspecified atom stereocenters. The number of amides is 3. The first kappa shape index (κ1) is 34.2. The number of thiazole rings is 1. The van der Waals surface area contributed by atoms with Gasteiger partial charge in [0.15, 0.2) is 0 Å². The first-order valence-electron chi connectivity index (χ1n) is 18.4. The molecule has 7 N–H and O–H groups in total. The summed E-state index contributed by atoms with van der Waals surface area (Å²) >= 11 is 1.56. The highest BCUT2D eigenvalue weighted by Gasteiger charge is 2.38. The number of nitrogens with zero attached hydrogens (tertiary/aromatic N) is 6. The zero-order valence-corrected chi connectivity index (χ0v) is 30.5. The Balaban J connectivity index is 1.02. The molecule has 0 bridgehead atoms. The average Bonchev–Trinajstić information content (AvgIpc) is 3.96. The molecule has 4 fully saturated rings. The van der Waals surface area contributed by atoms with Gasteiger partial charge in [0.05, 0.1) is 47.6 Å². The fourth-order valence-corrected chi connectivity index (χ4v) is 8.36. The van der Waals surface area contributed by atoms with Crippen LogP contribution < -0.4 is 32.3 Å². The number of allylic oxidation sites excluding steroid dienone is 1. The minimum atomic E-state index is -0.379. The monoisotopic (exact) mass is 725 g/mol. The zero-order chi connectivity index (χ0) is 36.1. The molecule has 5 heterocycles. The van der Waals surface area contributed by atoms with E-state index in [4.69, 9.17) is 16.6 Å². The number of hydrogen-bond donors (Lipinski definition) is 5. The van der Waals surface area contributed by atoms with Crippen molar-refractivity contribution in [2.24, 2.45) is 17.4 Å². The Labute approximate surface area is 307 Å². The SMILES string of the molecule is CCC1c2c(cnn2C2CN(Cc3nc(C(=O)N4CCCC4)cs3)C2)-c2cccc(NC(/C=C(\N)NC(=O)C3CC3)=C(/N)C(=O)NC3CC3)c2N1C. The Morgan fingerprint density at radius 3 is 2.54 bits per heavy atom. The summed E-state index contributed by atoms with van der Waals surface area (Å²) in [5.41, 5.74) is 18.6. The minimum Gasteiger partial charge on any atom is -0.393 e. The number of aromatic nitrogens is 3. The van der Waals surface area contributed by atoms with Gasteiger partial charge in [-0.1, -0.05) is 19.1 Å². The highest BCUT2D eigenvalue weighted by Crippen LogP contribution is 2.49. The molecule has 1 aromatic carbocycles. The molecule has 0 radical (unpaired) electrons. The number of fused-ring (bicyclic) bond motifs is 3. The van der Waals surface area contributed by atoms with Gasteiger partial charge in [0.25, 0.3) is 11.8 Å². The number of likely N-dealkylation sites (tertiary alicyclic amines) is 2. The molecule has 2 saturated heterocycles. The van der Waals surface area contributed by atoms with Crippen LogP contribution in [0.15, 0.2) is 53.1 Å². The average molecular weight is 726 g/mol. The van der Waals surface area contributed by atoms with Crippen molar-refractivity contribution in [3.63, 3.8) is 0 Å². The predicted molar refractivity (Wildman–Crippen MR) is 200 cm³/mol. The van der Waals surface area contributed by atoms with E-state index in [1.54, 1.807) is 11.3 Å². The van der Waals surface area contributed by atoms with E-state index in [0.29, 0.717) is 17.9 Å². The van der Waals surface area contributed by atoms with E-state index in [1.807, 2.05) is 28.6 Å². The summed E-state index contributed by atoms with van der Waals surface area (Å²) in [5, 5.41) is 17.0. The van der Waals surface area contributed by atoms with Crippen LogP contribution in [0.3, 0.4) is 0 Å². The molecule has 5 aliphatic rings. The lowest BCUT2D eigenvalue weighted by Gasteiger charge is -2.42. The summed E-state index contributed by atoms with van der Waals surface area (Å²) in [6, 6.07) is 6.42. The molecule has 3 aliphatic heterocycles. The molecular weight excluding hydrogens is 679 g/mol. The van der Waals surface area contributed by atoms with E-state index in [2.05, 4.69) is 55.5 Å². The first-order valence-corrected chi connectivity index (χ1v) is 19.3. The third kappa shape index (κ3) is 6.74. The van der Waals surface area contributed by atoms with E-state index in [9.17, 15) is 14.4 Å². The lowest BCUT2D eigenvalue weighted by molar-refractivity contribution is -0.121. The summed E-state index contributed by atoms with van der Waals surface area (Å²) in [6.45, 7) is 6.23. The molecule has 15 heteroatoms. The third-order valence-corrected chi connectivity index (χ3v) is 11.6. The Morgan fingerprint density at radius 1 is 1.06 bits per heavy atom. The Kier molecular flexibility index (Phi) is 9.16. The molecule has 2 aromatic heterocycles. The van der Waals surface area contributed by atoms with Crippen LogP contribution >= 0.6 is 11.3 Å². The maximum absolute atomic E-state index is 13.1. The van der Waals surface area contributed by atoms with Crippen LogP contribution in [0.25, 0.3) is 11.1 Å². The maximum atomic E-state index is 13.1. The highest BCUT2D eigenvalue weighted by atomic mass is 32.1. The number of carbonyl (C=O) groups is 3. The Morgan fingerprint density at radius 2 is 1.83 bits per heavy atom. The van der Waals surface area contributed by atoms with Gasteiger partial charge in [-0.15, -0.1) is 11.3 Å². The number of hydrogen-bond acceptors (Lipinski definition) is 11. The topological polar surface area (TPSA) is 180 Å². The lowest BCUT2D eigenvalue weighted by atomic mass is 9.91. The van der Waals surface area contributed by atoms with Crippen LogP contribution in [-0.2, 0) is 16.1 Å². The van der Waals surface area contributed by atoms with Crippen LogP contribution in [0, 0.1) is 5.92 Å². The van der Waals surface area contributed by atoms with E-state index in [-0.39, 0.29) is 53.3 Å². The van der Waals surface area contributed by atoms with Crippen molar-refractivity contribution < 1.29 is 14.4 Å². The van der Waals surface area contributed by atoms with Crippen molar-refractivity contribution in [2.75, 3.05) is 43.4 Å². The maximum Gasteiger partial charge on any atom is 0.273 e. The van der Waals surface area contributed by atoms with Crippen LogP contribution in [-0.4, -0.2) is 81.6 Å². The molecular formula is C37H47N11O3S. The molecule has 3 amide bonds. The van der Waals surface area contributed by atoms with Gasteiger partial charge in [-0.05, 0) is 51.0 Å². The van der Waals surface area contributed by atoms with Crippen LogP contribution in [0.5, 0.6) is 0 Å². The standard InChI is InChI=1S/C37H47N11O3S/c1-3-29-34-25(16-40-48(34)23-17-46(18-23)19-31-43-28(20-52-31)37(51)47-13-4-5-14-47)24-7-6-8-26(33(24)45(29)2)42-27(32(39)36(50)41-22-11-12-22)15-30(38)44-35(49)21-9-10-21/h6-8,15-16,20-23,29,42H,3-5,9-14,17-19,38-39H2,1-2H3,(H,41,50)(H,44,49)/b30-15+,32-27+. The van der Waals surface area contributed by atoms with Gasteiger partial charge in [-0.3, -0.25) is 24.0 Å². The molecule has 8 rings (SSSR count). The molecule has 2 aliphatic carbocycles. The van der Waals surface area contributed by atoms with Crippen LogP contribution in [0.1, 0.15) is 85.1 Å². The largest absolute Gasteiger partial charge is 0.393 e. The lowest BCUT2D eigenvalue weighted by Crippen LogP contribution is -2.48. The summed E-state index contributed by atoms with van der Waals surface area (Å²) in [7, 11) is 2.08. The minimum absolute atomic E-state index is 0.00571. The molecule has 2 saturated carbocycles.